The minimum atomic E-state index is -0.285. The maximum Gasteiger partial charge on any atom is 0.307 e. The summed E-state index contributed by atoms with van der Waals surface area (Å²) in [5, 5.41) is 10.4. The van der Waals surface area contributed by atoms with E-state index in [1.165, 1.54) is 19.3 Å². The monoisotopic (exact) mass is 329 g/mol. The maximum atomic E-state index is 12.2. The van der Waals surface area contributed by atoms with Crippen LogP contribution in [0.4, 0.5) is 0 Å². The topological polar surface area (TPSA) is 84.1 Å². The van der Waals surface area contributed by atoms with Crippen LogP contribution < -0.4 is 5.32 Å². The Balaban J connectivity index is 1.40. The summed E-state index contributed by atoms with van der Waals surface area (Å²) in [6, 6.07) is 7.44. The fraction of sp³-hybridized carbons (Fsp3) is 0.500. The van der Waals surface area contributed by atoms with Crippen LogP contribution in [0.25, 0.3) is 10.9 Å². The second-order valence-electron chi connectivity index (χ2n) is 6.31. The van der Waals surface area contributed by atoms with E-state index < -0.39 is 0 Å². The summed E-state index contributed by atoms with van der Waals surface area (Å²) in [6.07, 6.45) is 6.23. The van der Waals surface area contributed by atoms with Crippen molar-refractivity contribution in [1.29, 1.82) is 0 Å². The number of carbonyl (C=O) groups excluding carboxylic acids is 2. The molecule has 0 aliphatic heterocycles. The molecule has 1 aliphatic rings. The van der Waals surface area contributed by atoms with E-state index in [-0.39, 0.29) is 24.8 Å². The zero-order chi connectivity index (χ0) is 16.8. The van der Waals surface area contributed by atoms with Crippen LogP contribution in [0, 0.1) is 5.92 Å². The molecule has 0 radical (unpaired) electrons. The van der Waals surface area contributed by atoms with Crippen LogP contribution in [-0.4, -0.2) is 35.2 Å². The van der Waals surface area contributed by atoms with Gasteiger partial charge in [0, 0.05) is 11.9 Å². The van der Waals surface area contributed by atoms with Gasteiger partial charge in [-0.25, -0.2) is 0 Å². The fourth-order valence-corrected chi connectivity index (χ4v) is 3.14. The van der Waals surface area contributed by atoms with E-state index in [2.05, 4.69) is 15.5 Å². The highest BCUT2D eigenvalue weighted by Gasteiger charge is 2.16. The number of amides is 1. The number of fused-ring (bicyclic) bond motifs is 1. The van der Waals surface area contributed by atoms with Gasteiger partial charge in [0.15, 0.2) is 5.69 Å². The van der Waals surface area contributed by atoms with Gasteiger partial charge in [-0.2, -0.15) is 5.10 Å². The Morgan fingerprint density at radius 2 is 2.00 bits per heavy atom. The molecule has 0 unspecified atom stereocenters. The van der Waals surface area contributed by atoms with Crippen molar-refractivity contribution in [1.82, 2.24) is 15.5 Å². The van der Waals surface area contributed by atoms with Crippen molar-refractivity contribution in [2.75, 3.05) is 13.2 Å². The fourth-order valence-electron chi connectivity index (χ4n) is 3.14. The number of aromatic amines is 1. The molecule has 2 aromatic rings. The predicted molar refractivity (Wildman–Crippen MR) is 90.6 cm³/mol. The van der Waals surface area contributed by atoms with Crippen molar-refractivity contribution in [3.63, 3.8) is 0 Å². The van der Waals surface area contributed by atoms with Gasteiger partial charge in [0.2, 0.25) is 0 Å². The molecule has 2 N–H and O–H groups in total. The number of aromatic nitrogens is 2. The molecule has 0 saturated heterocycles. The number of nitrogens with zero attached hydrogens (tertiary/aromatic N) is 1. The number of hydrogen-bond donors (Lipinski definition) is 2. The first kappa shape index (κ1) is 16.5. The van der Waals surface area contributed by atoms with Gasteiger partial charge in [-0.15, -0.1) is 0 Å². The van der Waals surface area contributed by atoms with Gasteiger partial charge in [-0.05, 0) is 24.8 Å². The first-order valence-corrected chi connectivity index (χ1v) is 8.61. The van der Waals surface area contributed by atoms with Crippen LogP contribution in [0.5, 0.6) is 0 Å². The summed E-state index contributed by atoms with van der Waals surface area (Å²) < 4.78 is 5.31. The van der Waals surface area contributed by atoms with Crippen LogP contribution in [0.3, 0.4) is 0 Å². The van der Waals surface area contributed by atoms with Gasteiger partial charge in [-0.1, -0.05) is 37.5 Å². The van der Waals surface area contributed by atoms with Crippen LogP contribution in [-0.2, 0) is 9.53 Å². The van der Waals surface area contributed by atoms with Gasteiger partial charge in [0.25, 0.3) is 5.91 Å². The van der Waals surface area contributed by atoms with Crippen molar-refractivity contribution in [2.45, 2.75) is 38.5 Å². The summed E-state index contributed by atoms with van der Waals surface area (Å²) in [5.41, 5.74) is 1.16. The third-order valence-electron chi connectivity index (χ3n) is 4.50. The molecule has 1 aromatic carbocycles. The van der Waals surface area contributed by atoms with E-state index in [0.29, 0.717) is 18.2 Å². The van der Waals surface area contributed by atoms with Crippen LogP contribution in [0.1, 0.15) is 49.0 Å². The maximum absolute atomic E-state index is 12.2. The highest BCUT2D eigenvalue weighted by atomic mass is 16.5. The molecular formula is C18H23N3O3. The summed E-state index contributed by atoms with van der Waals surface area (Å²) in [7, 11) is 0. The number of nitrogens with one attached hydrogen (secondary N) is 2. The zero-order valence-corrected chi connectivity index (χ0v) is 13.7. The molecule has 1 aromatic heterocycles. The third-order valence-corrected chi connectivity index (χ3v) is 4.50. The number of rotatable bonds is 6. The van der Waals surface area contributed by atoms with E-state index in [1.807, 2.05) is 24.3 Å². The minimum Gasteiger partial charge on any atom is -0.465 e. The highest BCUT2D eigenvalue weighted by Crippen LogP contribution is 2.23. The Kier molecular flexibility index (Phi) is 5.46. The van der Waals surface area contributed by atoms with Crippen LogP contribution in [0.15, 0.2) is 24.3 Å². The first-order chi connectivity index (χ1) is 11.7. The second kappa shape index (κ2) is 7.95. The molecule has 1 saturated carbocycles. The SMILES string of the molecule is O=C(CCNC(=O)c1n[nH]c2ccccc12)OCC1CCCCC1. The van der Waals surface area contributed by atoms with Crippen molar-refractivity contribution in [3.05, 3.63) is 30.0 Å². The quantitative estimate of drug-likeness (QED) is 0.798. The number of ether oxygens (including phenoxy) is 1. The molecule has 6 nitrogen and oxygen atoms in total. The lowest BCUT2D eigenvalue weighted by atomic mass is 9.90. The Morgan fingerprint density at radius 3 is 2.83 bits per heavy atom. The average Bonchev–Trinajstić information content (AvgIpc) is 3.05. The first-order valence-electron chi connectivity index (χ1n) is 8.61. The van der Waals surface area contributed by atoms with Gasteiger partial charge >= 0.3 is 5.97 Å². The Morgan fingerprint density at radius 1 is 1.21 bits per heavy atom. The number of carbonyl (C=O) groups is 2. The van der Waals surface area contributed by atoms with Crippen LogP contribution in [0.2, 0.25) is 0 Å². The number of hydrogen-bond acceptors (Lipinski definition) is 4. The Bertz CT molecular complexity index is 704. The average molecular weight is 329 g/mol. The van der Waals surface area contributed by atoms with Gasteiger partial charge < -0.3 is 10.1 Å². The van der Waals surface area contributed by atoms with E-state index in [1.54, 1.807) is 0 Å². The lowest BCUT2D eigenvalue weighted by molar-refractivity contribution is -0.145. The number of para-hydroxylation sites is 1. The summed E-state index contributed by atoms with van der Waals surface area (Å²) >= 11 is 0. The molecule has 0 spiro atoms. The van der Waals surface area contributed by atoms with E-state index in [4.69, 9.17) is 4.74 Å². The van der Waals surface area contributed by atoms with Gasteiger partial charge in [0.1, 0.15) is 0 Å². The second-order valence-corrected chi connectivity index (χ2v) is 6.31. The molecule has 0 bridgehead atoms. The van der Waals surface area contributed by atoms with Gasteiger partial charge in [-0.3, -0.25) is 14.7 Å². The molecule has 3 rings (SSSR count). The van der Waals surface area contributed by atoms with Crippen LogP contribution >= 0.6 is 0 Å². The molecule has 1 amide bonds. The van der Waals surface area contributed by atoms with Crippen molar-refractivity contribution in [2.24, 2.45) is 5.92 Å². The summed E-state index contributed by atoms with van der Waals surface area (Å²) in [5.74, 6) is -0.0343. The van der Waals surface area contributed by atoms with Crippen molar-refractivity contribution in [3.8, 4) is 0 Å². The minimum absolute atomic E-state index is 0.181. The number of benzene rings is 1. The molecular weight excluding hydrogens is 306 g/mol. The number of esters is 1. The molecule has 128 valence electrons. The zero-order valence-electron chi connectivity index (χ0n) is 13.7. The van der Waals surface area contributed by atoms with E-state index in [9.17, 15) is 9.59 Å². The number of H-pyrrole nitrogens is 1. The standard InChI is InChI=1S/C18H23N3O3/c22-16(24-12-13-6-2-1-3-7-13)10-11-19-18(23)17-14-8-4-5-9-15(14)20-21-17/h4-5,8-9,13H,1-3,6-7,10-12H2,(H,19,23)(H,20,21). The molecule has 1 fully saturated rings. The largest absolute Gasteiger partial charge is 0.465 e. The summed E-state index contributed by atoms with van der Waals surface area (Å²) in [6.45, 7) is 0.764. The molecule has 1 aliphatic carbocycles. The van der Waals surface area contributed by atoms with Crippen molar-refractivity contribution < 1.29 is 14.3 Å². The van der Waals surface area contributed by atoms with Crippen molar-refractivity contribution >= 4 is 22.8 Å². The third kappa shape index (κ3) is 4.13. The predicted octanol–water partition coefficient (Wildman–Crippen LogP) is 2.81. The molecule has 6 heteroatoms. The summed E-state index contributed by atoms with van der Waals surface area (Å²) in [4.78, 5) is 23.9. The normalized spacial score (nSPS) is 15.3. The van der Waals surface area contributed by atoms with E-state index >= 15 is 0 Å². The molecule has 1 heterocycles. The Labute approximate surface area is 141 Å². The smallest absolute Gasteiger partial charge is 0.307 e. The lowest BCUT2D eigenvalue weighted by Crippen LogP contribution is -2.27. The molecule has 0 atom stereocenters. The highest BCUT2D eigenvalue weighted by molar-refractivity contribution is 6.04. The van der Waals surface area contributed by atoms with E-state index in [0.717, 1.165) is 23.7 Å². The molecule has 24 heavy (non-hydrogen) atoms. The lowest BCUT2D eigenvalue weighted by Gasteiger charge is -2.21. The van der Waals surface area contributed by atoms with Gasteiger partial charge in [0.05, 0.1) is 18.5 Å². The Hall–Kier alpha value is -2.37.